The second-order valence-electron chi connectivity index (χ2n) is 6.91. The first-order valence-electron chi connectivity index (χ1n) is 8.92. The van der Waals surface area contributed by atoms with E-state index in [-0.39, 0.29) is 6.17 Å². The minimum Gasteiger partial charge on any atom is -0.494 e. The zero-order chi connectivity index (χ0) is 18.1. The van der Waals surface area contributed by atoms with E-state index in [9.17, 15) is 0 Å². The fourth-order valence-corrected chi connectivity index (χ4v) is 3.09. The van der Waals surface area contributed by atoms with Crippen molar-refractivity contribution in [3.05, 3.63) is 54.1 Å². The molecule has 4 rings (SSSR count). The van der Waals surface area contributed by atoms with Crippen LogP contribution in [-0.2, 0) is 0 Å². The topological polar surface area (TPSA) is 77.5 Å². The number of imidazole rings is 1. The molecule has 6 heteroatoms. The smallest absolute Gasteiger partial charge is 0.212 e. The highest BCUT2D eigenvalue weighted by molar-refractivity contribution is 5.94. The predicted octanol–water partition coefficient (Wildman–Crippen LogP) is 3.75. The third kappa shape index (κ3) is 3.10. The van der Waals surface area contributed by atoms with Crippen molar-refractivity contribution in [3.63, 3.8) is 0 Å². The molecule has 1 aliphatic heterocycles. The van der Waals surface area contributed by atoms with Crippen LogP contribution in [0.4, 0.5) is 5.95 Å². The number of anilines is 1. The number of ether oxygens (including phenoxy) is 1. The van der Waals surface area contributed by atoms with Crippen LogP contribution >= 0.6 is 0 Å². The molecule has 26 heavy (non-hydrogen) atoms. The average molecular weight is 349 g/mol. The van der Waals surface area contributed by atoms with E-state index in [1.165, 1.54) is 0 Å². The van der Waals surface area contributed by atoms with Gasteiger partial charge in [-0.3, -0.25) is 9.88 Å². The Kier molecular flexibility index (Phi) is 4.24. The second-order valence-corrected chi connectivity index (χ2v) is 6.91. The molecule has 0 aliphatic carbocycles. The highest BCUT2D eigenvalue weighted by Gasteiger charge is 2.24. The third-order valence-electron chi connectivity index (χ3n) is 4.48. The minimum absolute atomic E-state index is 0.247. The van der Waals surface area contributed by atoms with Gasteiger partial charge in [-0.05, 0) is 42.2 Å². The van der Waals surface area contributed by atoms with E-state index in [2.05, 4.69) is 33.7 Å². The van der Waals surface area contributed by atoms with Crippen LogP contribution in [0.25, 0.3) is 11.0 Å². The Morgan fingerprint density at radius 2 is 1.92 bits per heavy atom. The molecule has 0 bridgehead atoms. The van der Waals surface area contributed by atoms with E-state index in [0.29, 0.717) is 17.8 Å². The molecule has 0 radical (unpaired) electrons. The van der Waals surface area contributed by atoms with E-state index in [0.717, 1.165) is 35.4 Å². The molecule has 0 amide bonds. The van der Waals surface area contributed by atoms with Crippen molar-refractivity contribution in [3.8, 4) is 5.75 Å². The molecule has 2 aromatic carbocycles. The molecule has 0 saturated carbocycles. The lowest BCUT2D eigenvalue weighted by atomic mass is 10.1. The van der Waals surface area contributed by atoms with Crippen molar-refractivity contribution in [2.45, 2.75) is 26.4 Å². The molecule has 3 aromatic rings. The van der Waals surface area contributed by atoms with Crippen molar-refractivity contribution >= 4 is 22.9 Å². The number of aliphatic imine (C=N–C) groups is 1. The summed E-state index contributed by atoms with van der Waals surface area (Å²) in [6.45, 7) is 5.11. The Hall–Kier alpha value is -3.02. The SMILES string of the molecule is CC(C)CCOc1ccc([C@@H]2N=C(N)Nc3nc4ccccc4n32)cc1. The van der Waals surface area contributed by atoms with Crippen molar-refractivity contribution in [1.29, 1.82) is 0 Å². The van der Waals surface area contributed by atoms with Gasteiger partial charge in [-0.25, -0.2) is 9.98 Å². The number of guanidine groups is 1. The first-order valence-corrected chi connectivity index (χ1v) is 8.92. The predicted molar refractivity (Wildman–Crippen MR) is 105 cm³/mol. The Morgan fingerprint density at radius 3 is 2.69 bits per heavy atom. The van der Waals surface area contributed by atoms with E-state index >= 15 is 0 Å². The monoisotopic (exact) mass is 349 g/mol. The Morgan fingerprint density at radius 1 is 1.15 bits per heavy atom. The molecule has 1 aromatic heterocycles. The number of nitrogens with two attached hydrogens (primary N) is 1. The summed E-state index contributed by atoms with van der Waals surface area (Å²) < 4.78 is 7.88. The molecule has 1 aliphatic rings. The van der Waals surface area contributed by atoms with Crippen LogP contribution < -0.4 is 15.8 Å². The van der Waals surface area contributed by atoms with Crippen LogP contribution in [0.2, 0.25) is 0 Å². The quantitative estimate of drug-likeness (QED) is 0.735. The van der Waals surface area contributed by atoms with Gasteiger partial charge in [0.2, 0.25) is 5.95 Å². The summed E-state index contributed by atoms with van der Waals surface area (Å²) >= 11 is 0. The Labute approximate surface area is 152 Å². The number of hydrogen-bond donors (Lipinski definition) is 2. The summed E-state index contributed by atoms with van der Waals surface area (Å²) in [6.07, 6.45) is 0.796. The highest BCUT2D eigenvalue weighted by atomic mass is 16.5. The molecule has 0 spiro atoms. The first-order chi connectivity index (χ1) is 12.6. The number of aromatic nitrogens is 2. The number of nitrogens with one attached hydrogen (secondary N) is 1. The summed E-state index contributed by atoms with van der Waals surface area (Å²) in [4.78, 5) is 9.22. The van der Waals surface area contributed by atoms with Crippen LogP contribution in [0.5, 0.6) is 5.75 Å². The summed E-state index contributed by atoms with van der Waals surface area (Å²) in [7, 11) is 0. The lowest BCUT2D eigenvalue weighted by Gasteiger charge is -2.24. The molecule has 0 unspecified atom stereocenters. The third-order valence-corrected chi connectivity index (χ3v) is 4.48. The van der Waals surface area contributed by atoms with Crippen LogP contribution in [0.15, 0.2) is 53.5 Å². The number of rotatable bonds is 5. The van der Waals surface area contributed by atoms with E-state index < -0.39 is 0 Å². The van der Waals surface area contributed by atoms with Gasteiger partial charge in [0.1, 0.15) is 5.75 Å². The molecule has 1 atom stereocenters. The van der Waals surface area contributed by atoms with Gasteiger partial charge in [-0.1, -0.05) is 38.1 Å². The number of benzene rings is 2. The summed E-state index contributed by atoms with van der Waals surface area (Å²) in [5.41, 5.74) is 8.96. The van der Waals surface area contributed by atoms with Crippen molar-refractivity contribution < 1.29 is 4.74 Å². The molecule has 0 fully saturated rings. The van der Waals surface area contributed by atoms with Gasteiger partial charge in [0.15, 0.2) is 12.1 Å². The van der Waals surface area contributed by atoms with Crippen LogP contribution in [0.1, 0.15) is 32.0 Å². The molecule has 134 valence electrons. The highest BCUT2D eigenvalue weighted by Crippen LogP contribution is 2.32. The van der Waals surface area contributed by atoms with Gasteiger partial charge < -0.3 is 10.5 Å². The van der Waals surface area contributed by atoms with Gasteiger partial charge in [0, 0.05) is 0 Å². The Balaban J connectivity index is 1.64. The minimum atomic E-state index is -0.247. The Bertz CT molecular complexity index is 942. The van der Waals surface area contributed by atoms with Crippen LogP contribution in [0.3, 0.4) is 0 Å². The maximum absolute atomic E-state index is 5.98. The molecular formula is C20H23N5O. The molecule has 3 N–H and O–H groups in total. The zero-order valence-electron chi connectivity index (χ0n) is 15.0. The fourth-order valence-electron chi connectivity index (χ4n) is 3.09. The number of fused-ring (bicyclic) bond motifs is 3. The van der Waals surface area contributed by atoms with E-state index in [4.69, 9.17) is 10.5 Å². The number of hydrogen-bond acceptors (Lipinski definition) is 5. The second kappa shape index (κ2) is 6.71. The van der Waals surface area contributed by atoms with Crippen molar-refractivity contribution in [2.75, 3.05) is 11.9 Å². The van der Waals surface area contributed by atoms with E-state index in [1.807, 2.05) is 48.5 Å². The van der Waals surface area contributed by atoms with Gasteiger partial charge in [-0.15, -0.1) is 0 Å². The number of para-hydroxylation sites is 2. The van der Waals surface area contributed by atoms with Gasteiger partial charge in [0.25, 0.3) is 0 Å². The number of nitrogens with zero attached hydrogens (tertiary/aromatic N) is 3. The largest absolute Gasteiger partial charge is 0.494 e. The lowest BCUT2D eigenvalue weighted by Crippen LogP contribution is -2.31. The zero-order valence-corrected chi connectivity index (χ0v) is 15.0. The maximum atomic E-state index is 5.98. The normalized spacial score (nSPS) is 16.3. The van der Waals surface area contributed by atoms with Gasteiger partial charge in [-0.2, -0.15) is 0 Å². The summed E-state index contributed by atoms with van der Waals surface area (Å²) in [5, 5.41) is 3.05. The molecular weight excluding hydrogens is 326 g/mol. The molecule has 6 nitrogen and oxygen atoms in total. The van der Waals surface area contributed by atoms with Crippen molar-refractivity contribution in [2.24, 2.45) is 16.6 Å². The lowest BCUT2D eigenvalue weighted by molar-refractivity contribution is 0.289. The standard InChI is InChI=1S/C20H23N5O/c1-13(2)11-12-26-15-9-7-14(8-10-15)18-23-19(21)24-20-22-16-5-3-4-6-17(16)25(18)20/h3-10,13,18H,11-12H2,1-2H3,(H3,21,22,23,24)/t18-/m1/s1. The molecule has 2 heterocycles. The van der Waals surface area contributed by atoms with Crippen LogP contribution in [0, 0.1) is 5.92 Å². The summed E-state index contributed by atoms with van der Waals surface area (Å²) in [6, 6.07) is 16.1. The van der Waals surface area contributed by atoms with Crippen molar-refractivity contribution in [1.82, 2.24) is 9.55 Å². The van der Waals surface area contributed by atoms with E-state index in [1.54, 1.807) is 0 Å². The van der Waals surface area contributed by atoms with Gasteiger partial charge in [0.05, 0.1) is 17.6 Å². The summed E-state index contributed by atoms with van der Waals surface area (Å²) in [5.74, 6) is 2.58. The van der Waals surface area contributed by atoms with Crippen LogP contribution in [-0.4, -0.2) is 22.1 Å². The van der Waals surface area contributed by atoms with Gasteiger partial charge >= 0.3 is 0 Å². The molecule has 0 saturated heterocycles. The first kappa shape index (κ1) is 16.4. The fraction of sp³-hybridized carbons (Fsp3) is 0.300. The average Bonchev–Trinajstić information content (AvgIpc) is 2.99. The maximum Gasteiger partial charge on any atom is 0.212 e.